The van der Waals surface area contributed by atoms with Gasteiger partial charge in [-0.2, -0.15) is 0 Å². The normalized spacial score (nSPS) is 9.91. The van der Waals surface area contributed by atoms with Crippen LogP contribution in [0.3, 0.4) is 0 Å². The first-order valence-electron chi connectivity index (χ1n) is 2.97. The smallest absolute Gasteiger partial charge is 0.357 e. The third-order valence-electron chi connectivity index (χ3n) is 1.08. The summed E-state index contributed by atoms with van der Waals surface area (Å²) >= 11 is 3.18. The largest absolute Gasteiger partial charge is 0.476 e. The zero-order chi connectivity index (χ0) is 8.27. The summed E-state index contributed by atoms with van der Waals surface area (Å²) in [5.41, 5.74) is -0.0408. The molecule has 0 fully saturated rings. The lowest BCUT2D eigenvalue weighted by atomic mass is 10.5. The number of hydrogen-bond donors (Lipinski definition) is 1. The molecule has 1 aromatic heterocycles. The van der Waals surface area contributed by atoms with E-state index in [1.165, 1.54) is 0 Å². The summed E-state index contributed by atoms with van der Waals surface area (Å²) < 4.78 is 4.84. The van der Waals surface area contributed by atoms with Gasteiger partial charge in [0, 0.05) is 11.8 Å². The summed E-state index contributed by atoms with van der Waals surface area (Å²) in [5, 5.41) is 9.15. The number of carboxylic acids is 1. The van der Waals surface area contributed by atoms with Crippen molar-refractivity contribution in [1.82, 2.24) is 4.98 Å². The summed E-state index contributed by atoms with van der Waals surface area (Å²) in [4.78, 5) is 14.0. The van der Waals surface area contributed by atoms with Crippen molar-refractivity contribution in [3.63, 3.8) is 0 Å². The second-order valence-electron chi connectivity index (χ2n) is 1.87. The number of alkyl halides is 1. The number of carbonyl (C=O) groups is 1. The number of halogens is 1. The van der Waals surface area contributed by atoms with Crippen molar-refractivity contribution in [2.24, 2.45) is 0 Å². The molecule has 60 valence electrons. The Morgan fingerprint density at radius 1 is 1.82 bits per heavy atom. The van der Waals surface area contributed by atoms with Crippen molar-refractivity contribution in [1.29, 1.82) is 0 Å². The summed E-state index contributed by atoms with van der Waals surface area (Å²) in [6, 6.07) is 0. The van der Waals surface area contributed by atoms with Gasteiger partial charge in [0.25, 0.3) is 0 Å². The number of oxazole rings is 1. The molecule has 0 bridgehead atoms. The molecule has 1 N–H and O–H groups in total. The molecule has 0 aromatic carbocycles. The molecule has 4 nitrogen and oxygen atoms in total. The van der Waals surface area contributed by atoms with Crippen LogP contribution in [0.5, 0.6) is 0 Å². The molecule has 0 aliphatic rings. The Morgan fingerprint density at radius 3 is 3.00 bits per heavy atom. The predicted octanol–water partition coefficient (Wildman–Crippen LogP) is 1.31. The van der Waals surface area contributed by atoms with E-state index in [9.17, 15) is 4.79 Å². The molecule has 0 amide bonds. The zero-order valence-electron chi connectivity index (χ0n) is 5.58. The van der Waals surface area contributed by atoms with Crippen LogP contribution in [0.4, 0.5) is 0 Å². The van der Waals surface area contributed by atoms with E-state index in [0.29, 0.717) is 17.6 Å². The molecular weight excluding hydrogens is 214 g/mol. The van der Waals surface area contributed by atoms with Gasteiger partial charge < -0.3 is 9.52 Å². The van der Waals surface area contributed by atoms with Crippen LogP contribution < -0.4 is 0 Å². The van der Waals surface area contributed by atoms with E-state index in [1.54, 1.807) is 0 Å². The Hall–Kier alpha value is -0.840. The van der Waals surface area contributed by atoms with Crippen LogP contribution in [0, 0.1) is 0 Å². The fourth-order valence-electron chi connectivity index (χ4n) is 0.605. The SMILES string of the molecule is O=C(O)c1coc(CCBr)n1. The van der Waals surface area contributed by atoms with Crippen molar-refractivity contribution in [3.05, 3.63) is 17.8 Å². The van der Waals surface area contributed by atoms with Gasteiger partial charge in [-0.15, -0.1) is 0 Å². The molecule has 11 heavy (non-hydrogen) atoms. The van der Waals surface area contributed by atoms with Gasteiger partial charge in [-0.1, -0.05) is 15.9 Å². The lowest BCUT2D eigenvalue weighted by Gasteiger charge is -1.84. The lowest BCUT2D eigenvalue weighted by molar-refractivity contribution is 0.0690. The van der Waals surface area contributed by atoms with E-state index in [0.717, 1.165) is 6.26 Å². The fraction of sp³-hybridized carbons (Fsp3) is 0.333. The highest BCUT2D eigenvalue weighted by molar-refractivity contribution is 9.09. The molecule has 0 aliphatic heterocycles. The third kappa shape index (κ3) is 2.04. The van der Waals surface area contributed by atoms with Gasteiger partial charge >= 0.3 is 5.97 Å². The number of aromatic nitrogens is 1. The van der Waals surface area contributed by atoms with Gasteiger partial charge in [0.05, 0.1) is 0 Å². The van der Waals surface area contributed by atoms with Crippen molar-refractivity contribution >= 4 is 21.9 Å². The maximum atomic E-state index is 10.3. The Bertz CT molecular complexity index is 258. The number of aryl methyl sites for hydroxylation is 1. The molecule has 0 atom stereocenters. The van der Waals surface area contributed by atoms with Gasteiger partial charge in [-0.05, 0) is 0 Å². The van der Waals surface area contributed by atoms with Gasteiger partial charge in [-0.3, -0.25) is 0 Å². The predicted molar refractivity (Wildman–Crippen MR) is 41.0 cm³/mol. The van der Waals surface area contributed by atoms with Crippen LogP contribution in [0.1, 0.15) is 16.4 Å². The fourth-order valence-corrected chi connectivity index (χ4v) is 0.944. The number of hydrogen-bond acceptors (Lipinski definition) is 3. The first-order chi connectivity index (χ1) is 5.24. The molecule has 1 aromatic rings. The van der Waals surface area contributed by atoms with Gasteiger partial charge in [0.2, 0.25) is 0 Å². The number of nitrogens with zero attached hydrogens (tertiary/aromatic N) is 1. The Balaban J connectivity index is 2.73. The quantitative estimate of drug-likeness (QED) is 0.780. The monoisotopic (exact) mass is 219 g/mol. The van der Waals surface area contributed by atoms with E-state index >= 15 is 0 Å². The molecule has 1 rings (SSSR count). The molecule has 0 unspecified atom stereocenters. The lowest BCUT2D eigenvalue weighted by Crippen LogP contribution is -1.96. The number of carboxylic acid groups (broad SMARTS) is 1. The molecular formula is C6H6BrNO3. The molecule has 5 heteroatoms. The zero-order valence-corrected chi connectivity index (χ0v) is 7.17. The minimum absolute atomic E-state index is 0.0408. The summed E-state index contributed by atoms with van der Waals surface area (Å²) in [7, 11) is 0. The van der Waals surface area contributed by atoms with Gasteiger partial charge in [0.1, 0.15) is 6.26 Å². The highest BCUT2D eigenvalue weighted by Crippen LogP contribution is 2.03. The maximum absolute atomic E-state index is 10.3. The number of rotatable bonds is 3. The standard InChI is InChI=1S/C6H6BrNO3/c7-2-1-5-8-4(3-11-5)6(9)10/h3H,1-2H2,(H,9,10). The topological polar surface area (TPSA) is 63.3 Å². The average molecular weight is 220 g/mol. The van der Waals surface area contributed by atoms with Crippen LogP contribution in [-0.2, 0) is 6.42 Å². The average Bonchev–Trinajstić information content (AvgIpc) is 2.37. The summed E-state index contributed by atoms with van der Waals surface area (Å²) in [6.07, 6.45) is 1.74. The van der Waals surface area contributed by atoms with E-state index in [4.69, 9.17) is 9.52 Å². The van der Waals surface area contributed by atoms with Gasteiger partial charge in [-0.25, -0.2) is 9.78 Å². The molecule has 0 saturated carbocycles. The van der Waals surface area contributed by atoms with Crippen LogP contribution in [0.15, 0.2) is 10.7 Å². The minimum Gasteiger partial charge on any atom is -0.476 e. The van der Waals surface area contributed by atoms with Crippen molar-refractivity contribution in [2.75, 3.05) is 5.33 Å². The summed E-state index contributed by atoms with van der Waals surface area (Å²) in [6.45, 7) is 0. The molecule has 0 aliphatic carbocycles. The first-order valence-corrected chi connectivity index (χ1v) is 4.10. The van der Waals surface area contributed by atoms with Crippen molar-refractivity contribution in [2.45, 2.75) is 6.42 Å². The van der Waals surface area contributed by atoms with Crippen LogP contribution in [-0.4, -0.2) is 21.4 Å². The van der Waals surface area contributed by atoms with Crippen LogP contribution in [0.2, 0.25) is 0 Å². The summed E-state index contributed by atoms with van der Waals surface area (Å²) in [5.74, 6) is -0.617. The van der Waals surface area contributed by atoms with Crippen molar-refractivity contribution < 1.29 is 14.3 Å². The Kier molecular flexibility index (Phi) is 2.64. The minimum atomic E-state index is -1.06. The molecule has 0 saturated heterocycles. The second kappa shape index (κ2) is 3.52. The van der Waals surface area contributed by atoms with E-state index in [2.05, 4.69) is 20.9 Å². The molecule has 0 spiro atoms. The Labute approximate surface area is 71.4 Å². The van der Waals surface area contributed by atoms with Gasteiger partial charge in [0.15, 0.2) is 11.6 Å². The second-order valence-corrected chi connectivity index (χ2v) is 2.66. The highest BCUT2D eigenvalue weighted by atomic mass is 79.9. The molecule has 1 heterocycles. The highest BCUT2D eigenvalue weighted by Gasteiger charge is 2.08. The third-order valence-corrected chi connectivity index (χ3v) is 1.48. The van der Waals surface area contributed by atoms with Crippen LogP contribution >= 0.6 is 15.9 Å². The van der Waals surface area contributed by atoms with Crippen LogP contribution in [0.25, 0.3) is 0 Å². The number of aromatic carboxylic acids is 1. The first kappa shape index (κ1) is 8.26. The van der Waals surface area contributed by atoms with E-state index < -0.39 is 5.97 Å². The molecule has 0 radical (unpaired) electrons. The Morgan fingerprint density at radius 2 is 2.55 bits per heavy atom. The van der Waals surface area contributed by atoms with Crippen molar-refractivity contribution in [3.8, 4) is 0 Å². The van der Waals surface area contributed by atoms with E-state index in [1.807, 2.05) is 0 Å². The maximum Gasteiger partial charge on any atom is 0.357 e. The van der Waals surface area contributed by atoms with E-state index in [-0.39, 0.29) is 5.69 Å².